The monoisotopic (exact) mass is 363 g/mol. The maximum Gasteiger partial charge on any atom is 0.255 e. The Morgan fingerprint density at radius 2 is 1.80 bits per heavy atom. The molecule has 0 saturated carbocycles. The van der Waals surface area contributed by atoms with Gasteiger partial charge in [-0.1, -0.05) is 11.6 Å². The third-order valence-corrected chi connectivity index (χ3v) is 3.50. The van der Waals surface area contributed by atoms with Gasteiger partial charge in [-0.3, -0.25) is 4.79 Å². The Bertz CT molecular complexity index is 750. The van der Waals surface area contributed by atoms with Crippen LogP contribution in [0, 0.1) is 0 Å². The number of ether oxygens (including phenoxy) is 2. The summed E-state index contributed by atoms with van der Waals surface area (Å²) in [5.41, 5.74) is 1.03. The number of carbonyl (C=O) groups is 1. The van der Waals surface area contributed by atoms with Gasteiger partial charge in [0, 0.05) is 31.4 Å². The van der Waals surface area contributed by atoms with Crippen LogP contribution >= 0.6 is 11.6 Å². The molecule has 0 unspecified atom stereocenters. The molecule has 0 spiro atoms. The van der Waals surface area contributed by atoms with Crippen molar-refractivity contribution in [2.75, 3.05) is 37.5 Å². The van der Waals surface area contributed by atoms with E-state index in [0.29, 0.717) is 41.8 Å². The van der Waals surface area contributed by atoms with E-state index in [2.05, 4.69) is 10.3 Å². The maximum absolute atomic E-state index is 12.5. The first kappa shape index (κ1) is 18.9. The summed E-state index contributed by atoms with van der Waals surface area (Å²) in [6, 6.07) is 8.49. The largest absolute Gasteiger partial charge is 0.490 e. The van der Waals surface area contributed by atoms with E-state index in [0.717, 1.165) is 0 Å². The second-order valence-electron chi connectivity index (χ2n) is 5.41. The zero-order chi connectivity index (χ0) is 18.4. The molecule has 7 heteroatoms. The van der Waals surface area contributed by atoms with Crippen molar-refractivity contribution < 1.29 is 14.3 Å². The standard InChI is InChI=1S/C18H22ClN3O3/c1-5-24-14-8-7-13(11-15(14)25-6-2)20-18(23)12-9-16(19)21-17(10-12)22(3)4/h7-11H,5-6H2,1-4H3,(H,20,23). The topological polar surface area (TPSA) is 63.7 Å². The van der Waals surface area contributed by atoms with Crippen LogP contribution in [0.2, 0.25) is 5.15 Å². The van der Waals surface area contributed by atoms with E-state index in [1.165, 1.54) is 6.07 Å². The number of aromatic nitrogens is 1. The van der Waals surface area contributed by atoms with E-state index in [1.54, 1.807) is 29.2 Å². The van der Waals surface area contributed by atoms with Crippen molar-refractivity contribution in [1.82, 2.24) is 4.98 Å². The van der Waals surface area contributed by atoms with E-state index >= 15 is 0 Å². The van der Waals surface area contributed by atoms with Crippen LogP contribution in [0.1, 0.15) is 24.2 Å². The van der Waals surface area contributed by atoms with Crippen molar-refractivity contribution >= 4 is 29.0 Å². The Morgan fingerprint density at radius 3 is 2.44 bits per heavy atom. The predicted molar refractivity (Wildman–Crippen MR) is 100 cm³/mol. The number of pyridine rings is 1. The quantitative estimate of drug-likeness (QED) is 0.757. The summed E-state index contributed by atoms with van der Waals surface area (Å²) >= 11 is 6.01. The van der Waals surface area contributed by atoms with Gasteiger partial charge in [0.2, 0.25) is 0 Å². The van der Waals surface area contributed by atoms with Crippen LogP contribution < -0.4 is 19.7 Å². The second kappa shape index (κ2) is 8.58. The van der Waals surface area contributed by atoms with Gasteiger partial charge < -0.3 is 19.7 Å². The van der Waals surface area contributed by atoms with E-state index in [1.807, 2.05) is 27.9 Å². The molecule has 0 radical (unpaired) electrons. The Morgan fingerprint density at radius 1 is 1.12 bits per heavy atom. The van der Waals surface area contributed by atoms with Crippen molar-refractivity contribution in [2.24, 2.45) is 0 Å². The van der Waals surface area contributed by atoms with Gasteiger partial charge >= 0.3 is 0 Å². The number of benzene rings is 1. The highest BCUT2D eigenvalue weighted by Gasteiger charge is 2.13. The summed E-state index contributed by atoms with van der Waals surface area (Å²) in [6.07, 6.45) is 0. The number of hydrogen-bond acceptors (Lipinski definition) is 5. The lowest BCUT2D eigenvalue weighted by Crippen LogP contribution is -2.15. The Labute approximate surface area is 152 Å². The van der Waals surface area contributed by atoms with Crippen LogP contribution in [-0.2, 0) is 0 Å². The van der Waals surface area contributed by atoms with E-state index < -0.39 is 0 Å². The molecule has 0 bridgehead atoms. The Hall–Kier alpha value is -2.47. The molecule has 2 rings (SSSR count). The summed E-state index contributed by atoms with van der Waals surface area (Å²) in [7, 11) is 3.67. The van der Waals surface area contributed by atoms with Crippen LogP contribution in [0.5, 0.6) is 11.5 Å². The second-order valence-corrected chi connectivity index (χ2v) is 5.80. The molecule has 1 heterocycles. The van der Waals surface area contributed by atoms with Crippen molar-refractivity contribution in [3.05, 3.63) is 41.0 Å². The third kappa shape index (κ3) is 5.00. The average Bonchev–Trinajstić information content (AvgIpc) is 2.57. The number of amides is 1. The van der Waals surface area contributed by atoms with E-state index in [-0.39, 0.29) is 11.1 Å². The molecule has 0 fully saturated rings. The molecule has 25 heavy (non-hydrogen) atoms. The number of anilines is 2. The van der Waals surface area contributed by atoms with E-state index in [4.69, 9.17) is 21.1 Å². The number of nitrogens with one attached hydrogen (secondary N) is 1. The summed E-state index contributed by atoms with van der Waals surface area (Å²) < 4.78 is 11.1. The fraction of sp³-hybridized carbons (Fsp3) is 0.333. The molecule has 0 atom stereocenters. The SMILES string of the molecule is CCOc1ccc(NC(=O)c2cc(Cl)nc(N(C)C)c2)cc1OCC. The molecule has 2 aromatic rings. The minimum Gasteiger partial charge on any atom is -0.490 e. The van der Waals surface area contributed by atoms with Gasteiger partial charge in [-0.05, 0) is 38.1 Å². The first-order valence-corrected chi connectivity index (χ1v) is 8.38. The zero-order valence-electron chi connectivity index (χ0n) is 14.8. The lowest BCUT2D eigenvalue weighted by atomic mass is 10.2. The number of carbonyl (C=O) groups excluding carboxylic acids is 1. The van der Waals surface area contributed by atoms with Gasteiger partial charge in [0.25, 0.3) is 5.91 Å². The number of halogens is 1. The fourth-order valence-electron chi connectivity index (χ4n) is 2.18. The van der Waals surface area contributed by atoms with Crippen LogP contribution in [0.25, 0.3) is 0 Å². The zero-order valence-corrected chi connectivity index (χ0v) is 15.6. The smallest absolute Gasteiger partial charge is 0.255 e. The summed E-state index contributed by atoms with van der Waals surface area (Å²) in [5, 5.41) is 3.10. The molecular formula is C18H22ClN3O3. The van der Waals surface area contributed by atoms with Gasteiger partial charge in [0.15, 0.2) is 11.5 Å². The molecule has 1 aromatic carbocycles. The minimum atomic E-state index is -0.279. The molecular weight excluding hydrogens is 342 g/mol. The molecule has 134 valence electrons. The summed E-state index contributed by atoms with van der Waals surface area (Å²) in [5.74, 6) is 1.56. The minimum absolute atomic E-state index is 0.262. The van der Waals surface area contributed by atoms with Crippen molar-refractivity contribution in [3.63, 3.8) is 0 Å². The third-order valence-electron chi connectivity index (χ3n) is 3.30. The first-order valence-electron chi connectivity index (χ1n) is 8.00. The van der Waals surface area contributed by atoms with Crippen LogP contribution in [0.15, 0.2) is 30.3 Å². The molecule has 1 N–H and O–H groups in total. The van der Waals surface area contributed by atoms with Gasteiger partial charge in [-0.25, -0.2) is 4.98 Å². The molecule has 0 aliphatic rings. The average molecular weight is 364 g/mol. The molecule has 0 saturated heterocycles. The van der Waals surface area contributed by atoms with Crippen molar-refractivity contribution in [1.29, 1.82) is 0 Å². The van der Waals surface area contributed by atoms with Gasteiger partial charge in [-0.15, -0.1) is 0 Å². The first-order chi connectivity index (χ1) is 11.9. The summed E-state index contributed by atoms with van der Waals surface area (Å²) in [4.78, 5) is 18.5. The lowest BCUT2D eigenvalue weighted by molar-refractivity contribution is 0.102. The molecule has 0 aliphatic heterocycles. The highest BCUT2D eigenvalue weighted by Crippen LogP contribution is 2.31. The molecule has 1 aromatic heterocycles. The van der Waals surface area contributed by atoms with Crippen LogP contribution in [0.4, 0.5) is 11.5 Å². The highest BCUT2D eigenvalue weighted by atomic mass is 35.5. The normalized spacial score (nSPS) is 10.3. The Kier molecular flexibility index (Phi) is 6.47. The van der Waals surface area contributed by atoms with Crippen LogP contribution in [-0.4, -0.2) is 38.2 Å². The molecule has 6 nitrogen and oxygen atoms in total. The highest BCUT2D eigenvalue weighted by molar-refractivity contribution is 6.30. The number of nitrogens with zero attached hydrogens (tertiary/aromatic N) is 2. The molecule has 0 aliphatic carbocycles. The van der Waals surface area contributed by atoms with Crippen molar-refractivity contribution in [2.45, 2.75) is 13.8 Å². The van der Waals surface area contributed by atoms with Gasteiger partial charge in [-0.2, -0.15) is 0 Å². The van der Waals surface area contributed by atoms with E-state index in [9.17, 15) is 4.79 Å². The predicted octanol–water partition coefficient (Wildman–Crippen LogP) is 3.85. The Balaban J connectivity index is 2.24. The number of hydrogen-bond donors (Lipinski definition) is 1. The van der Waals surface area contributed by atoms with Gasteiger partial charge in [0.1, 0.15) is 11.0 Å². The van der Waals surface area contributed by atoms with Crippen molar-refractivity contribution in [3.8, 4) is 11.5 Å². The maximum atomic E-state index is 12.5. The fourth-order valence-corrected chi connectivity index (χ4v) is 2.38. The van der Waals surface area contributed by atoms with Crippen LogP contribution in [0.3, 0.4) is 0 Å². The summed E-state index contributed by atoms with van der Waals surface area (Å²) in [6.45, 7) is 4.84. The lowest BCUT2D eigenvalue weighted by Gasteiger charge is -2.14. The molecule has 1 amide bonds. The number of rotatable bonds is 7. The van der Waals surface area contributed by atoms with Gasteiger partial charge in [0.05, 0.1) is 13.2 Å².